The molecule has 0 saturated heterocycles. The van der Waals surface area contributed by atoms with Crippen LogP contribution in [-0.2, 0) is 16.8 Å². The molecule has 6 nitrogen and oxygen atoms in total. The van der Waals surface area contributed by atoms with Crippen LogP contribution in [0.15, 0.2) is 26.7 Å². The highest BCUT2D eigenvalue weighted by Gasteiger charge is 2.41. The summed E-state index contributed by atoms with van der Waals surface area (Å²) in [5.41, 5.74) is 1.40. The number of hydrogen-bond acceptors (Lipinski definition) is 7. The lowest BCUT2D eigenvalue weighted by molar-refractivity contribution is -0.122. The smallest absolute Gasteiger partial charge is 0.226 e. The Balaban J connectivity index is 1.47. The van der Waals surface area contributed by atoms with Gasteiger partial charge in [-0.2, -0.15) is 16.3 Å². The highest BCUT2D eigenvalue weighted by atomic mass is 32.1. The zero-order chi connectivity index (χ0) is 17.3. The Kier molecular flexibility index (Phi) is 4.39. The van der Waals surface area contributed by atoms with Gasteiger partial charge in [0, 0.05) is 23.2 Å². The molecule has 3 aromatic rings. The first-order valence-electron chi connectivity index (χ1n) is 8.23. The minimum atomic E-state index is -0.499. The van der Waals surface area contributed by atoms with Crippen molar-refractivity contribution in [2.75, 3.05) is 0 Å². The average molecular weight is 374 g/mol. The average Bonchev–Trinajstić information content (AvgIpc) is 3.35. The zero-order valence-corrected chi connectivity index (χ0v) is 15.5. The summed E-state index contributed by atoms with van der Waals surface area (Å²) < 4.78 is 5.12. The molecule has 3 aromatic heterocycles. The molecule has 1 aliphatic rings. The number of amides is 1. The standard InChI is InChI=1S/C17H18N4O2S2/c1-11-18-16(21-23-11)17(5-2-3-6-17)20-14(22)8-13-10-25-15(19-13)12-4-7-24-9-12/h4,7,9-10H,2-3,5-6,8H2,1H3,(H,20,22). The number of aromatic nitrogens is 3. The maximum atomic E-state index is 12.6. The van der Waals surface area contributed by atoms with Gasteiger partial charge in [-0.25, -0.2) is 4.98 Å². The maximum absolute atomic E-state index is 12.6. The quantitative estimate of drug-likeness (QED) is 0.736. The van der Waals surface area contributed by atoms with E-state index in [1.165, 1.54) is 0 Å². The van der Waals surface area contributed by atoms with Crippen LogP contribution in [0.4, 0.5) is 0 Å². The summed E-state index contributed by atoms with van der Waals surface area (Å²) in [4.78, 5) is 21.6. The molecule has 0 aromatic carbocycles. The van der Waals surface area contributed by atoms with Gasteiger partial charge in [0.2, 0.25) is 11.8 Å². The Bertz CT molecular complexity index is 863. The van der Waals surface area contributed by atoms with Gasteiger partial charge >= 0.3 is 0 Å². The van der Waals surface area contributed by atoms with E-state index in [1.54, 1.807) is 29.6 Å². The molecule has 0 aliphatic heterocycles. The summed E-state index contributed by atoms with van der Waals surface area (Å²) in [6.07, 6.45) is 4.04. The Morgan fingerprint density at radius 1 is 1.32 bits per heavy atom. The molecule has 1 fully saturated rings. The molecule has 25 heavy (non-hydrogen) atoms. The Hall–Kier alpha value is -2.06. The van der Waals surface area contributed by atoms with E-state index in [1.807, 2.05) is 16.8 Å². The van der Waals surface area contributed by atoms with Gasteiger partial charge in [-0.1, -0.05) is 18.0 Å². The van der Waals surface area contributed by atoms with Crippen LogP contribution in [-0.4, -0.2) is 21.0 Å². The van der Waals surface area contributed by atoms with Crippen molar-refractivity contribution >= 4 is 28.6 Å². The molecule has 4 rings (SSSR count). The zero-order valence-electron chi connectivity index (χ0n) is 13.8. The predicted octanol–water partition coefficient (Wildman–Crippen LogP) is 3.69. The van der Waals surface area contributed by atoms with Gasteiger partial charge in [0.1, 0.15) is 10.5 Å². The molecule has 0 radical (unpaired) electrons. The van der Waals surface area contributed by atoms with Gasteiger partial charge in [0.15, 0.2) is 5.82 Å². The summed E-state index contributed by atoms with van der Waals surface area (Å²) in [5, 5.41) is 14.2. The molecule has 1 saturated carbocycles. The first-order chi connectivity index (χ1) is 12.1. The van der Waals surface area contributed by atoms with Gasteiger partial charge in [-0.05, 0) is 24.3 Å². The van der Waals surface area contributed by atoms with E-state index in [2.05, 4.69) is 25.8 Å². The molecule has 1 amide bonds. The summed E-state index contributed by atoms with van der Waals surface area (Å²) in [6.45, 7) is 1.77. The Morgan fingerprint density at radius 2 is 2.16 bits per heavy atom. The van der Waals surface area contributed by atoms with Crippen molar-refractivity contribution in [3.05, 3.63) is 39.6 Å². The lowest BCUT2D eigenvalue weighted by Crippen LogP contribution is -2.45. The Morgan fingerprint density at radius 3 is 2.84 bits per heavy atom. The lowest BCUT2D eigenvalue weighted by Gasteiger charge is -2.26. The number of nitrogens with zero attached hydrogens (tertiary/aromatic N) is 3. The monoisotopic (exact) mass is 374 g/mol. The van der Waals surface area contributed by atoms with Crippen LogP contribution in [0.1, 0.15) is 43.1 Å². The van der Waals surface area contributed by atoms with E-state index in [0.29, 0.717) is 11.7 Å². The van der Waals surface area contributed by atoms with Gasteiger partial charge in [0.25, 0.3) is 0 Å². The molecule has 0 spiro atoms. The van der Waals surface area contributed by atoms with Crippen LogP contribution in [0.5, 0.6) is 0 Å². The number of thiophene rings is 1. The topological polar surface area (TPSA) is 80.9 Å². The minimum Gasteiger partial charge on any atom is -0.343 e. The number of hydrogen-bond donors (Lipinski definition) is 1. The van der Waals surface area contributed by atoms with Gasteiger partial charge in [0.05, 0.1) is 12.1 Å². The summed E-state index contributed by atoms with van der Waals surface area (Å²) in [5.74, 6) is 1.06. The second kappa shape index (κ2) is 6.68. The lowest BCUT2D eigenvalue weighted by atomic mass is 9.96. The van der Waals surface area contributed by atoms with E-state index < -0.39 is 5.54 Å². The van der Waals surface area contributed by atoms with Crippen molar-refractivity contribution < 1.29 is 9.32 Å². The number of thiazole rings is 1. The molecular weight excluding hydrogens is 356 g/mol. The van der Waals surface area contributed by atoms with E-state index in [-0.39, 0.29) is 12.3 Å². The van der Waals surface area contributed by atoms with Gasteiger partial charge in [-0.15, -0.1) is 11.3 Å². The molecule has 130 valence electrons. The molecule has 1 aliphatic carbocycles. The molecule has 8 heteroatoms. The number of carbonyl (C=O) groups excluding carboxylic acids is 1. The first kappa shape index (κ1) is 16.4. The third-order valence-electron chi connectivity index (χ3n) is 4.45. The van der Waals surface area contributed by atoms with Crippen LogP contribution >= 0.6 is 22.7 Å². The largest absolute Gasteiger partial charge is 0.343 e. The molecule has 1 N–H and O–H groups in total. The molecule has 0 unspecified atom stereocenters. The van der Waals surface area contributed by atoms with E-state index >= 15 is 0 Å². The van der Waals surface area contributed by atoms with Crippen molar-refractivity contribution in [3.8, 4) is 10.6 Å². The van der Waals surface area contributed by atoms with Crippen LogP contribution < -0.4 is 5.32 Å². The minimum absolute atomic E-state index is 0.0495. The van der Waals surface area contributed by atoms with Crippen molar-refractivity contribution in [1.29, 1.82) is 0 Å². The molecule has 0 bridgehead atoms. The SMILES string of the molecule is Cc1nc(C2(NC(=O)Cc3csc(-c4ccsc4)n3)CCCC2)no1. The van der Waals surface area contributed by atoms with Crippen molar-refractivity contribution in [2.24, 2.45) is 0 Å². The summed E-state index contributed by atoms with van der Waals surface area (Å²) in [6, 6.07) is 2.04. The van der Waals surface area contributed by atoms with Gasteiger partial charge in [-0.3, -0.25) is 4.79 Å². The molecule has 0 atom stereocenters. The normalized spacial score (nSPS) is 16.2. The number of rotatable bonds is 5. The summed E-state index contributed by atoms with van der Waals surface area (Å²) in [7, 11) is 0. The van der Waals surface area contributed by atoms with Crippen molar-refractivity contribution in [1.82, 2.24) is 20.4 Å². The predicted molar refractivity (Wildman–Crippen MR) is 96.5 cm³/mol. The fraction of sp³-hybridized carbons (Fsp3) is 0.412. The highest BCUT2D eigenvalue weighted by Crippen LogP contribution is 2.37. The van der Waals surface area contributed by atoms with Crippen molar-refractivity contribution in [3.63, 3.8) is 0 Å². The van der Waals surface area contributed by atoms with Crippen LogP contribution in [0.3, 0.4) is 0 Å². The third-order valence-corrected chi connectivity index (χ3v) is 6.08. The fourth-order valence-electron chi connectivity index (χ4n) is 3.26. The van der Waals surface area contributed by atoms with Gasteiger partial charge < -0.3 is 9.84 Å². The van der Waals surface area contributed by atoms with E-state index in [0.717, 1.165) is 41.9 Å². The third kappa shape index (κ3) is 3.36. The number of nitrogens with one attached hydrogen (secondary N) is 1. The number of carbonyl (C=O) groups is 1. The second-order valence-corrected chi connectivity index (χ2v) is 7.95. The van der Waals surface area contributed by atoms with Crippen LogP contribution in [0.2, 0.25) is 0 Å². The second-order valence-electron chi connectivity index (χ2n) is 6.31. The fourth-order valence-corrected chi connectivity index (χ4v) is 4.79. The van der Waals surface area contributed by atoms with Crippen LogP contribution in [0, 0.1) is 6.92 Å². The molecular formula is C17H18N4O2S2. The van der Waals surface area contributed by atoms with Crippen molar-refractivity contribution in [2.45, 2.75) is 44.6 Å². The summed E-state index contributed by atoms with van der Waals surface area (Å²) >= 11 is 3.21. The van der Waals surface area contributed by atoms with E-state index in [4.69, 9.17) is 4.52 Å². The number of aryl methyl sites for hydroxylation is 1. The van der Waals surface area contributed by atoms with E-state index in [9.17, 15) is 4.79 Å². The maximum Gasteiger partial charge on any atom is 0.226 e. The molecule has 3 heterocycles. The first-order valence-corrected chi connectivity index (χ1v) is 10.1. The Labute approximate surface area is 153 Å². The highest BCUT2D eigenvalue weighted by molar-refractivity contribution is 7.14. The van der Waals surface area contributed by atoms with Crippen LogP contribution in [0.25, 0.3) is 10.6 Å².